The molecule has 0 fully saturated rings. The van der Waals surface area contributed by atoms with Crippen LogP contribution in [-0.2, 0) is 4.79 Å². The van der Waals surface area contributed by atoms with Crippen LogP contribution in [0.15, 0.2) is 35.7 Å². The van der Waals surface area contributed by atoms with E-state index in [0.717, 1.165) is 10.4 Å². The summed E-state index contributed by atoms with van der Waals surface area (Å²) in [6, 6.07) is 7.46. The average Bonchev–Trinajstić information content (AvgIpc) is 3.08. The number of carbonyl (C=O) groups excluding carboxylic acids is 1. The number of halogens is 1. The Morgan fingerprint density at radius 2 is 2.25 bits per heavy atom. The molecule has 2 aromatic rings. The van der Waals surface area contributed by atoms with Crippen LogP contribution < -0.4 is 14.8 Å². The van der Waals surface area contributed by atoms with Gasteiger partial charge in [0.1, 0.15) is 0 Å². The first-order valence-electron chi connectivity index (χ1n) is 7.57. The topological polar surface area (TPSA) is 47.6 Å². The maximum absolute atomic E-state index is 12.1. The van der Waals surface area contributed by atoms with Gasteiger partial charge in [0.25, 0.3) is 0 Å². The van der Waals surface area contributed by atoms with E-state index in [1.807, 2.05) is 31.4 Å². The van der Waals surface area contributed by atoms with Gasteiger partial charge in [-0.1, -0.05) is 17.7 Å². The predicted molar refractivity (Wildman–Crippen MR) is 99.1 cm³/mol. The number of methoxy groups -OCH3 is 1. The third-order valence-corrected chi connectivity index (χ3v) is 4.63. The molecular formula is C18H20ClNO3S. The second-order valence-corrected chi connectivity index (χ2v) is 6.43. The van der Waals surface area contributed by atoms with Gasteiger partial charge in [-0.3, -0.25) is 4.79 Å². The zero-order valence-corrected chi connectivity index (χ0v) is 15.4. The molecule has 128 valence electrons. The molecular weight excluding hydrogens is 346 g/mol. The fraction of sp³-hybridized carbons (Fsp3) is 0.278. The van der Waals surface area contributed by atoms with Gasteiger partial charge in [-0.15, -0.1) is 11.3 Å². The Labute approximate surface area is 151 Å². The van der Waals surface area contributed by atoms with Crippen molar-refractivity contribution in [1.29, 1.82) is 0 Å². The summed E-state index contributed by atoms with van der Waals surface area (Å²) in [7, 11) is 1.54. The van der Waals surface area contributed by atoms with Crippen molar-refractivity contribution in [2.24, 2.45) is 0 Å². The van der Waals surface area contributed by atoms with Gasteiger partial charge in [-0.2, -0.15) is 0 Å². The molecule has 0 aliphatic carbocycles. The Kier molecular flexibility index (Phi) is 6.70. The van der Waals surface area contributed by atoms with Crippen molar-refractivity contribution in [3.05, 3.63) is 51.2 Å². The fourth-order valence-electron chi connectivity index (χ4n) is 2.19. The van der Waals surface area contributed by atoms with E-state index in [9.17, 15) is 4.79 Å². The van der Waals surface area contributed by atoms with Crippen LogP contribution in [-0.4, -0.2) is 19.6 Å². The highest BCUT2D eigenvalue weighted by atomic mass is 35.5. The van der Waals surface area contributed by atoms with Crippen molar-refractivity contribution in [2.75, 3.05) is 13.7 Å². The Morgan fingerprint density at radius 3 is 2.88 bits per heavy atom. The Bertz CT molecular complexity index is 713. The van der Waals surface area contributed by atoms with Crippen LogP contribution in [0.1, 0.15) is 30.3 Å². The van der Waals surface area contributed by atoms with E-state index in [1.54, 1.807) is 36.7 Å². The molecule has 0 saturated heterocycles. The largest absolute Gasteiger partial charge is 0.491 e. The number of amides is 1. The summed E-state index contributed by atoms with van der Waals surface area (Å²) in [6.45, 7) is 4.34. The number of hydrogen-bond acceptors (Lipinski definition) is 4. The van der Waals surface area contributed by atoms with Crippen LogP contribution in [0.5, 0.6) is 11.5 Å². The summed E-state index contributed by atoms with van der Waals surface area (Å²) in [4.78, 5) is 13.2. The normalized spacial score (nSPS) is 12.2. The molecule has 0 saturated carbocycles. The van der Waals surface area contributed by atoms with Crippen LogP contribution in [0.4, 0.5) is 0 Å². The molecule has 1 N–H and O–H groups in total. The lowest BCUT2D eigenvalue weighted by molar-refractivity contribution is -0.117. The molecule has 1 aromatic carbocycles. The highest BCUT2D eigenvalue weighted by Crippen LogP contribution is 2.36. The molecule has 1 aromatic heterocycles. The Morgan fingerprint density at radius 1 is 1.46 bits per heavy atom. The molecule has 0 radical (unpaired) electrons. The van der Waals surface area contributed by atoms with Gasteiger partial charge in [-0.25, -0.2) is 0 Å². The van der Waals surface area contributed by atoms with E-state index in [2.05, 4.69) is 5.32 Å². The van der Waals surface area contributed by atoms with Crippen molar-refractivity contribution in [3.8, 4) is 11.5 Å². The summed E-state index contributed by atoms with van der Waals surface area (Å²) >= 11 is 7.81. The number of benzene rings is 1. The van der Waals surface area contributed by atoms with Crippen LogP contribution in [0, 0.1) is 0 Å². The molecule has 0 spiro atoms. The van der Waals surface area contributed by atoms with Crippen LogP contribution in [0.3, 0.4) is 0 Å². The number of hydrogen-bond donors (Lipinski definition) is 1. The first-order valence-corrected chi connectivity index (χ1v) is 8.83. The number of rotatable bonds is 7. The second kappa shape index (κ2) is 8.76. The number of nitrogens with one attached hydrogen (secondary N) is 1. The zero-order chi connectivity index (χ0) is 17.5. The van der Waals surface area contributed by atoms with Crippen LogP contribution in [0.2, 0.25) is 5.02 Å². The maximum Gasteiger partial charge on any atom is 0.244 e. The first-order chi connectivity index (χ1) is 11.5. The minimum Gasteiger partial charge on any atom is -0.491 e. The minimum absolute atomic E-state index is 0.0272. The number of thiophene rings is 1. The maximum atomic E-state index is 12.1. The van der Waals surface area contributed by atoms with Gasteiger partial charge in [-0.05, 0) is 49.1 Å². The highest BCUT2D eigenvalue weighted by molar-refractivity contribution is 7.10. The van der Waals surface area contributed by atoms with Gasteiger partial charge in [0.15, 0.2) is 11.5 Å². The Balaban J connectivity index is 2.09. The average molecular weight is 366 g/mol. The summed E-state index contributed by atoms with van der Waals surface area (Å²) < 4.78 is 10.8. The van der Waals surface area contributed by atoms with Crippen molar-refractivity contribution in [1.82, 2.24) is 5.32 Å². The van der Waals surface area contributed by atoms with E-state index in [0.29, 0.717) is 23.1 Å². The van der Waals surface area contributed by atoms with Gasteiger partial charge in [0.05, 0.1) is 24.8 Å². The molecule has 1 unspecified atom stereocenters. The van der Waals surface area contributed by atoms with Gasteiger partial charge >= 0.3 is 0 Å². The molecule has 6 heteroatoms. The van der Waals surface area contributed by atoms with Crippen LogP contribution in [0.25, 0.3) is 6.08 Å². The summed E-state index contributed by atoms with van der Waals surface area (Å²) in [6.07, 6.45) is 3.18. The SMILES string of the molecule is CCOc1cc(/C=C/C(=O)NC(C)c2cccs2)cc(Cl)c1OC. The smallest absolute Gasteiger partial charge is 0.244 e. The van der Waals surface area contributed by atoms with E-state index in [-0.39, 0.29) is 11.9 Å². The molecule has 1 atom stereocenters. The lowest BCUT2D eigenvalue weighted by Gasteiger charge is -2.12. The number of carbonyl (C=O) groups is 1. The van der Waals surface area contributed by atoms with Crippen molar-refractivity contribution in [2.45, 2.75) is 19.9 Å². The van der Waals surface area contributed by atoms with Gasteiger partial charge < -0.3 is 14.8 Å². The third-order valence-electron chi connectivity index (χ3n) is 3.29. The molecule has 1 heterocycles. The quantitative estimate of drug-likeness (QED) is 0.723. The van der Waals surface area contributed by atoms with E-state index < -0.39 is 0 Å². The lowest BCUT2D eigenvalue weighted by atomic mass is 10.1. The van der Waals surface area contributed by atoms with Crippen molar-refractivity contribution >= 4 is 34.9 Å². The van der Waals surface area contributed by atoms with Crippen LogP contribution >= 0.6 is 22.9 Å². The van der Waals surface area contributed by atoms with Crippen molar-refractivity contribution in [3.63, 3.8) is 0 Å². The minimum atomic E-state index is -0.166. The van der Waals surface area contributed by atoms with Gasteiger partial charge in [0, 0.05) is 11.0 Å². The third kappa shape index (κ3) is 4.76. The summed E-state index contributed by atoms with van der Waals surface area (Å²) in [5.74, 6) is 0.881. The summed E-state index contributed by atoms with van der Waals surface area (Å²) in [5, 5.41) is 5.35. The first kappa shape index (κ1) is 18.4. The predicted octanol–water partition coefficient (Wildman–Crippen LogP) is 4.70. The molecule has 0 bridgehead atoms. The highest BCUT2D eigenvalue weighted by Gasteiger charge is 2.11. The van der Waals surface area contributed by atoms with Crippen molar-refractivity contribution < 1.29 is 14.3 Å². The molecule has 0 aliphatic heterocycles. The molecule has 4 nitrogen and oxygen atoms in total. The summed E-state index contributed by atoms with van der Waals surface area (Å²) in [5.41, 5.74) is 0.767. The van der Waals surface area contributed by atoms with E-state index >= 15 is 0 Å². The Hall–Kier alpha value is -1.98. The zero-order valence-electron chi connectivity index (χ0n) is 13.8. The monoisotopic (exact) mass is 365 g/mol. The fourth-order valence-corrected chi connectivity index (χ4v) is 3.22. The molecule has 24 heavy (non-hydrogen) atoms. The molecule has 2 rings (SSSR count). The molecule has 1 amide bonds. The van der Waals surface area contributed by atoms with E-state index in [1.165, 1.54) is 6.08 Å². The number of ether oxygens (including phenoxy) is 2. The second-order valence-electron chi connectivity index (χ2n) is 5.05. The standard InChI is InChI=1S/C18H20ClNO3S/c1-4-23-15-11-13(10-14(19)18(15)22-3)7-8-17(21)20-12(2)16-6-5-9-24-16/h5-12H,4H2,1-3H3,(H,20,21)/b8-7+. The van der Waals surface area contributed by atoms with E-state index in [4.69, 9.17) is 21.1 Å². The van der Waals surface area contributed by atoms with Gasteiger partial charge in [0.2, 0.25) is 5.91 Å². The molecule has 0 aliphatic rings. The lowest BCUT2D eigenvalue weighted by Crippen LogP contribution is -2.23.